The molecule has 0 bridgehead atoms. The van der Waals surface area contributed by atoms with Crippen LogP contribution in [-0.4, -0.2) is 24.3 Å². The summed E-state index contributed by atoms with van der Waals surface area (Å²) in [6, 6.07) is 9.29. The number of hydrogen-bond donors (Lipinski definition) is 1. The molecule has 1 rings (SSSR count). The summed E-state index contributed by atoms with van der Waals surface area (Å²) in [7, 11) is 0. The first kappa shape index (κ1) is 16.5. The third kappa shape index (κ3) is 5.95. The number of benzene rings is 1. The number of esters is 1. The molecule has 0 saturated heterocycles. The fourth-order valence-electron chi connectivity index (χ4n) is 1.54. The van der Waals surface area contributed by atoms with E-state index in [1.54, 1.807) is 57.2 Å². The van der Waals surface area contributed by atoms with Crippen LogP contribution < -0.4 is 5.32 Å². The van der Waals surface area contributed by atoms with Crippen molar-refractivity contribution in [2.24, 2.45) is 0 Å². The minimum Gasteiger partial charge on any atom is -0.448 e. The Hall–Kier alpha value is -2.55. The van der Waals surface area contributed by atoms with Crippen LogP contribution in [0.3, 0.4) is 0 Å². The van der Waals surface area contributed by atoms with E-state index in [2.05, 4.69) is 5.32 Å². The lowest BCUT2D eigenvalue weighted by molar-refractivity contribution is -0.145. The summed E-state index contributed by atoms with van der Waals surface area (Å²) in [5.74, 6) is -0.714. The van der Waals surface area contributed by atoms with Crippen molar-refractivity contribution in [3.63, 3.8) is 0 Å². The van der Waals surface area contributed by atoms with Crippen molar-refractivity contribution >= 4 is 12.1 Å². The number of hydrogen-bond acceptors (Lipinski definition) is 5. The van der Waals surface area contributed by atoms with E-state index >= 15 is 0 Å². The molecule has 0 aliphatic carbocycles. The van der Waals surface area contributed by atoms with Gasteiger partial charge in [-0.25, -0.2) is 9.59 Å². The van der Waals surface area contributed by atoms with E-state index in [0.29, 0.717) is 5.56 Å². The molecule has 112 valence electrons. The number of nitrogens with zero attached hydrogens (tertiary/aromatic N) is 1. The largest absolute Gasteiger partial charge is 0.448 e. The standard InChI is InChI=1S/C15H18N2O4/c1-15(2,3)21-14(19)17-12(13(18)20-10-9-16)11-7-5-4-6-8-11/h4-8,12H,10H2,1-3H3,(H,17,19)/t12-/m0/s1. The second-order valence-electron chi connectivity index (χ2n) is 5.26. The van der Waals surface area contributed by atoms with Gasteiger partial charge in [0.1, 0.15) is 11.7 Å². The summed E-state index contributed by atoms with van der Waals surface area (Å²) in [5, 5.41) is 10.9. The van der Waals surface area contributed by atoms with Gasteiger partial charge in [0.05, 0.1) is 0 Å². The SMILES string of the molecule is CC(C)(C)OC(=O)N[C@H](C(=O)OCC#N)c1ccccc1. The molecule has 0 fully saturated rings. The van der Waals surface area contributed by atoms with Crippen molar-refractivity contribution in [2.45, 2.75) is 32.4 Å². The second-order valence-corrected chi connectivity index (χ2v) is 5.26. The minimum absolute atomic E-state index is 0.377. The van der Waals surface area contributed by atoms with Crippen LogP contribution in [0.5, 0.6) is 0 Å². The molecule has 0 unspecified atom stereocenters. The zero-order chi connectivity index (χ0) is 15.9. The molecule has 0 aliphatic rings. The first-order valence-corrected chi connectivity index (χ1v) is 6.41. The molecule has 1 atom stereocenters. The summed E-state index contributed by atoms with van der Waals surface area (Å²) in [6.07, 6.45) is -0.731. The van der Waals surface area contributed by atoms with E-state index in [1.165, 1.54) is 0 Å². The van der Waals surface area contributed by atoms with Gasteiger partial charge >= 0.3 is 12.1 Å². The number of rotatable bonds is 4. The normalized spacial score (nSPS) is 11.9. The van der Waals surface area contributed by atoms with E-state index in [1.807, 2.05) is 0 Å². The van der Waals surface area contributed by atoms with Gasteiger partial charge in [0.15, 0.2) is 12.6 Å². The molecular formula is C15H18N2O4. The monoisotopic (exact) mass is 290 g/mol. The van der Waals surface area contributed by atoms with E-state index in [0.717, 1.165) is 0 Å². The van der Waals surface area contributed by atoms with Crippen LogP contribution in [0.1, 0.15) is 32.4 Å². The Kier molecular flexibility index (Phi) is 5.73. The molecule has 0 aromatic heterocycles. The van der Waals surface area contributed by atoms with Crippen LogP contribution in [0.15, 0.2) is 30.3 Å². The summed E-state index contributed by atoms with van der Waals surface area (Å²) >= 11 is 0. The van der Waals surface area contributed by atoms with Crippen molar-refractivity contribution < 1.29 is 19.1 Å². The highest BCUT2D eigenvalue weighted by Gasteiger charge is 2.26. The molecule has 1 N–H and O–H groups in total. The predicted molar refractivity (Wildman–Crippen MR) is 75.1 cm³/mol. The maximum Gasteiger partial charge on any atom is 0.408 e. The lowest BCUT2D eigenvalue weighted by Gasteiger charge is -2.22. The predicted octanol–water partition coefficient (Wildman–Crippen LogP) is 2.32. The molecule has 0 spiro atoms. The maximum absolute atomic E-state index is 12.0. The van der Waals surface area contributed by atoms with Gasteiger partial charge < -0.3 is 14.8 Å². The number of amides is 1. The molecular weight excluding hydrogens is 272 g/mol. The van der Waals surface area contributed by atoms with Gasteiger partial charge in [-0.3, -0.25) is 0 Å². The molecule has 0 heterocycles. The molecule has 0 radical (unpaired) electrons. The number of carbonyl (C=O) groups is 2. The van der Waals surface area contributed by atoms with Crippen LogP contribution in [0.2, 0.25) is 0 Å². The Bertz CT molecular complexity index is 529. The van der Waals surface area contributed by atoms with Crippen molar-refractivity contribution in [3.8, 4) is 6.07 Å². The molecule has 1 aromatic rings. The first-order valence-electron chi connectivity index (χ1n) is 6.41. The van der Waals surface area contributed by atoms with Gasteiger partial charge in [-0.15, -0.1) is 0 Å². The minimum atomic E-state index is -1.02. The Morgan fingerprint density at radius 2 is 1.90 bits per heavy atom. The van der Waals surface area contributed by atoms with Crippen LogP contribution in [-0.2, 0) is 14.3 Å². The second kappa shape index (κ2) is 7.29. The van der Waals surface area contributed by atoms with Gasteiger partial charge in [-0.1, -0.05) is 30.3 Å². The summed E-state index contributed by atoms with van der Waals surface area (Å²) in [5.41, 5.74) is -0.131. The number of carbonyl (C=O) groups excluding carboxylic acids is 2. The molecule has 0 saturated carbocycles. The highest BCUT2D eigenvalue weighted by Crippen LogP contribution is 2.16. The average Bonchev–Trinajstić information content (AvgIpc) is 2.41. The lowest BCUT2D eigenvalue weighted by atomic mass is 10.1. The van der Waals surface area contributed by atoms with Gasteiger partial charge in [0, 0.05) is 0 Å². The summed E-state index contributed by atoms with van der Waals surface area (Å²) < 4.78 is 9.89. The molecule has 21 heavy (non-hydrogen) atoms. The van der Waals surface area contributed by atoms with Crippen molar-refractivity contribution in [1.29, 1.82) is 5.26 Å². The zero-order valence-corrected chi connectivity index (χ0v) is 12.3. The topological polar surface area (TPSA) is 88.4 Å². The highest BCUT2D eigenvalue weighted by atomic mass is 16.6. The molecule has 1 amide bonds. The van der Waals surface area contributed by atoms with Crippen LogP contribution >= 0.6 is 0 Å². The molecule has 1 aromatic carbocycles. The van der Waals surface area contributed by atoms with Crippen molar-refractivity contribution in [2.75, 3.05) is 6.61 Å². The van der Waals surface area contributed by atoms with E-state index < -0.39 is 23.7 Å². The van der Waals surface area contributed by atoms with Crippen molar-refractivity contribution in [1.82, 2.24) is 5.32 Å². The Morgan fingerprint density at radius 3 is 2.43 bits per heavy atom. The van der Waals surface area contributed by atoms with E-state index in [9.17, 15) is 9.59 Å². The molecule has 6 heteroatoms. The van der Waals surface area contributed by atoms with Crippen LogP contribution in [0.4, 0.5) is 4.79 Å². The number of alkyl carbamates (subject to hydrolysis) is 1. The van der Waals surface area contributed by atoms with Gasteiger partial charge in [0.2, 0.25) is 0 Å². The number of ether oxygens (including phenoxy) is 2. The van der Waals surface area contributed by atoms with E-state index in [-0.39, 0.29) is 6.61 Å². The van der Waals surface area contributed by atoms with E-state index in [4.69, 9.17) is 14.7 Å². The van der Waals surface area contributed by atoms with Crippen molar-refractivity contribution in [3.05, 3.63) is 35.9 Å². The van der Waals surface area contributed by atoms with Gasteiger partial charge in [0.25, 0.3) is 0 Å². The Morgan fingerprint density at radius 1 is 1.29 bits per heavy atom. The smallest absolute Gasteiger partial charge is 0.408 e. The van der Waals surface area contributed by atoms with Crippen LogP contribution in [0.25, 0.3) is 0 Å². The third-order valence-corrected chi connectivity index (χ3v) is 2.31. The summed E-state index contributed by atoms with van der Waals surface area (Å²) in [4.78, 5) is 23.8. The first-order chi connectivity index (χ1) is 9.83. The fraction of sp³-hybridized carbons (Fsp3) is 0.400. The Balaban J connectivity index is 2.85. The summed E-state index contributed by atoms with van der Waals surface area (Å²) in [6.45, 7) is 4.78. The highest BCUT2D eigenvalue weighted by molar-refractivity contribution is 5.82. The van der Waals surface area contributed by atoms with Gasteiger partial charge in [-0.05, 0) is 26.3 Å². The quantitative estimate of drug-likeness (QED) is 0.860. The molecule has 0 aliphatic heterocycles. The fourth-order valence-corrected chi connectivity index (χ4v) is 1.54. The lowest BCUT2D eigenvalue weighted by Crippen LogP contribution is -2.38. The van der Waals surface area contributed by atoms with Gasteiger partial charge in [-0.2, -0.15) is 5.26 Å². The van der Waals surface area contributed by atoms with Crippen LogP contribution in [0, 0.1) is 11.3 Å². The number of nitriles is 1. The third-order valence-electron chi connectivity index (χ3n) is 2.31. The average molecular weight is 290 g/mol. The molecule has 6 nitrogen and oxygen atoms in total. The zero-order valence-electron chi connectivity index (χ0n) is 12.3. The maximum atomic E-state index is 12.0. The number of nitrogens with one attached hydrogen (secondary N) is 1. The Labute approximate surface area is 123 Å².